The summed E-state index contributed by atoms with van der Waals surface area (Å²) in [5.74, 6) is 0.679. The summed E-state index contributed by atoms with van der Waals surface area (Å²) in [6, 6.07) is 8.03. The maximum absolute atomic E-state index is 6.09. The highest BCUT2D eigenvalue weighted by Crippen LogP contribution is 2.25. The molecule has 0 N–H and O–H groups in total. The Hall–Kier alpha value is -0.490. The molecule has 1 aromatic heterocycles. The van der Waals surface area contributed by atoms with Crippen molar-refractivity contribution in [1.82, 2.24) is 9.97 Å². The topological polar surface area (TPSA) is 35.0 Å². The lowest BCUT2D eigenvalue weighted by Crippen LogP contribution is -2.03. The summed E-state index contributed by atoms with van der Waals surface area (Å²) < 4.78 is 6.82. The number of rotatable bonds is 4. The van der Waals surface area contributed by atoms with Gasteiger partial charge in [0.2, 0.25) is 0 Å². The van der Waals surface area contributed by atoms with Crippen molar-refractivity contribution in [2.24, 2.45) is 0 Å². The molecule has 0 fully saturated rings. The van der Waals surface area contributed by atoms with Gasteiger partial charge in [0.25, 0.3) is 0 Å². The minimum absolute atomic E-state index is 0.397. The van der Waals surface area contributed by atoms with Gasteiger partial charge < -0.3 is 4.74 Å². The summed E-state index contributed by atoms with van der Waals surface area (Å²) in [5.41, 5.74) is 1.88. The second-order valence-electron chi connectivity index (χ2n) is 3.93. The summed E-state index contributed by atoms with van der Waals surface area (Å²) in [4.78, 5) is 8.74. The smallest absolute Gasteiger partial charge is 0.147 e. The summed E-state index contributed by atoms with van der Waals surface area (Å²) in [6.07, 6.45) is 0.628. The molecule has 0 unspecified atom stereocenters. The zero-order valence-electron chi connectivity index (χ0n) is 10.2. The van der Waals surface area contributed by atoms with E-state index in [1.807, 2.05) is 24.3 Å². The summed E-state index contributed by atoms with van der Waals surface area (Å²) in [6.45, 7) is 0.397. The molecule has 0 aliphatic carbocycles. The van der Waals surface area contributed by atoms with E-state index in [0.717, 1.165) is 15.7 Å². The normalized spacial score (nSPS) is 10.7. The lowest BCUT2D eigenvalue weighted by Gasteiger charge is -2.08. The number of nitrogens with zero attached hydrogens (tertiary/aromatic N) is 2. The molecule has 100 valence electrons. The van der Waals surface area contributed by atoms with Crippen molar-refractivity contribution in [3.8, 4) is 0 Å². The molecule has 19 heavy (non-hydrogen) atoms. The molecule has 1 heterocycles. The average Bonchev–Trinajstić information content (AvgIpc) is 2.35. The van der Waals surface area contributed by atoms with Gasteiger partial charge >= 0.3 is 0 Å². The minimum atomic E-state index is 0.397. The Bertz CT molecular complexity index is 593. The molecule has 0 saturated heterocycles. The maximum atomic E-state index is 6.09. The summed E-state index contributed by atoms with van der Waals surface area (Å²) >= 11 is 12.9. The van der Waals surface area contributed by atoms with E-state index in [9.17, 15) is 0 Å². The molecule has 2 rings (SSSR count). The largest absolute Gasteiger partial charge is 0.378 e. The fourth-order valence-corrected chi connectivity index (χ4v) is 2.60. The van der Waals surface area contributed by atoms with Crippen LogP contribution in [0.15, 0.2) is 33.2 Å². The molecule has 0 saturated carbocycles. The van der Waals surface area contributed by atoms with Crippen LogP contribution in [0.1, 0.15) is 17.1 Å². The fraction of sp³-hybridized carbons (Fsp3) is 0.231. The SMILES string of the molecule is COCc1nc(Cc2cccc(Br)c2)nc(Cl)c1Br. The first-order chi connectivity index (χ1) is 9.10. The standard InChI is InChI=1S/C13H11Br2ClN2O/c1-19-7-10-12(15)13(16)18-11(17-10)6-8-3-2-4-9(14)5-8/h2-5H,6-7H2,1H3. The Kier molecular flexibility index (Phi) is 5.33. The Morgan fingerprint density at radius 3 is 2.74 bits per heavy atom. The molecule has 0 bridgehead atoms. The lowest BCUT2D eigenvalue weighted by molar-refractivity contribution is 0.180. The molecule has 0 spiro atoms. The van der Waals surface area contributed by atoms with Crippen molar-refractivity contribution >= 4 is 43.5 Å². The molecular weight excluding hydrogens is 395 g/mol. The van der Waals surface area contributed by atoms with Crippen LogP contribution in [0.4, 0.5) is 0 Å². The third-order valence-corrected chi connectivity index (χ3v) is 4.29. The Morgan fingerprint density at radius 1 is 1.26 bits per heavy atom. The average molecular weight is 407 g/mol. The zero-order valence-corrected chi connectivity index (χ0v) is 14.1. The van der Waals surface area contributed by atoms with E-state index in [1.54, 1.807) is 7.11 Å². The van der Waals surface area contributed by atoms with Gasteiger partial charge in [-0.2, -0.15) is 0 Å². The molecular formula is C13H11Br2ClN2O. The van der Waals surface area contributed by atoms with E-state index in [2.05, 4.69) is 41.8 Å². The molecule has 0 radical (unpaired) electrons. The number of hydrogen-bond donors (Lipinski definition) is 0. The fourth-order valence-electron chi connectivity index (χ4n) is 1.65. The third kappa shape index (κ3) is 3.99. The van der Waals surface area contributed by atoms with Gasteiger partial charge in [-0.3, -0.25) is 0 Å². The van der Waals surface area contributed by atoms with Crippen LogP contribution < -0.4 is 0 Å². The predicted molar refractivity (Wildman–Crippen MR) is 82.4 cm³/mol. The molecule has 0 atom stereocenters. The van der Waals surface area contributed by atoms with Crippen molar-refractivity contribution in [2.75, 3.05) is 7.11 Å². The number of benzene rings is 1. The highest BCUT2D eigenvalue weighted by Gasteiger charge is 2.11. The number of halogens is 3. The van der Waals surface area contributed by atoms with Gasteiger partial charge in [-0.05, 0) is 33.6 Å². The molecule has 6 heteroatoms. The second kappa shape index (κ2) is 6.79. The van der Waals surface area contributed by atoms with E-state index < -0.39 is 0 Å². The number of ether oxygens (including phenoxy) is 1. The second-order valence-corrected chi connectivity index (χ2v) is 6.00. The van der Waals surface area contributed by atoms with Crippen molar-refractivity contribution in [1.29, 1.82) is 0 Å². The van der Waals surface area contributed by atoms with Gasteiger partial charge in [-0.1, -0.05) is 39.7 Å². The van der Waals surface area contributed by atoms with Crippen LogP contribution in [0.5, 0.6) is 0 Å². The van der Waals surface area contributed by atoms with Crippen LogP contribution in [-0.4, -0.2) is 17.1 Å². The molecule has 0 aliphatic rings. The van der Waals surface area contributed by atoms with E-state index in [-0.39, 0.29) is 0 Å². The van der Waals surface area contributed by atoms with Gasteiger partial charge in [0.1, 0.15) is 11.0 Å². The van der Waals surface area contributed by atoms with E-state index >= 15 is 0 Å². The zero-order chi connectivity index (χ0) is 13.8. The first-order valence-corrected chi connectivity index (χ1v) is 7.50. The first-order valence-electron chi connectivity index (χ1n) is 5.54. The molecule has 2 aromatic rings. The summed E-state index contributed by atoms with van der Waals surface area (Å²) in [5, 5.41) is 0.409. The van der Waals surface area contributed by atoms with E-state index in [1.165, 1.54) is 0 Å². The van der Waals surface area contributed by atoms with Crippen molar-refractivity contribution in [3.05, 3.63) is 55.4 Å². The highest BCUT2D eigenvalue weighted by molar-refractivity contribution is 9.10. The molecule has 1 aromatic carbocycles. The van der Waals surface area contributed by atoms with Crippen molar-refractivity contribution < 1.29 is 4.74 Å². The number of aromatic nitrogens is 2. The van der Waals surface area contributed by atoms with Crippen LogP contribution in [0.25, 0.3) is 0 Å². The van der Waals surface area contributed by atoms with Crippen molar-refractivity contribution in [2.45, 2.75) is 13.0 Å². The van der Waals surface area contributed by atoms with Gasteiger partial charge in [-0.15, -0.1) is 0 Å². The van der Waals surface area contributed by atoms with Crippen LogP contribution in [0, 0.1) is 0 Å². The maximum Gasteiger partial charge on any atom is 0.147 e. The highest BCUT2D eigenvalue weighted by atomic mass is 79.9. The Morgan fingerprint density at radius 2 is 2.05 bits per heavy atom. The number of methoxy groups -OCH3 is 1. The monoisotopic (exact) mass is 404 g/mol. The lowest BCUT2D eigenvalue weighted by atomic mass is 10.1. The molecule has 0 amide bonds. The van der Waals surface area contributed by atoms with Crippen LogP contribution in [-0.2, 0) is 17.8 Å². The van der Waals surface area contributed by atoms with Gasteiger partial charge in [-0.25, -0.2) is 9.97 Å². The van der Waals surface area contributed by atoms with Gasteiger partial charge in [0, 0.05) is 18.0 Å². The van der Waals surface area contributed by atoms with Gasteiger partial charge in [0.05, 0.1) is 16.8 Å². The Balaban J connectivity index is 2.30. The van der Waals surface area contributed by atoms with Crippen LogP contribution in [0.2, 0.25) is 5.15 Å². The molecule has 0 aliphatic heterocycles. The predicted octanol–water partition coefficient (Wildman–Crippen LogP) is 4.39. The quantitative estimate of drug-likeness (QED) is 0.707. The third-order valence-electron chi connectivity index (χ3n) is 2.46. The minimum Gasteiger partial charge on any atom is -0.378 e. The Labute approximate surface area is 133 Å². The van der Waals surface area contributed by atoms with Crippen LogP contribution >= 0.6 is 43.5 Å². The van der Waals surface area contributed by atoms with E-state index in [4.69, 9.17) is 16.3 Å². The van der Waals surface area contributed by atoms with E-state index in [0.29, 0.717) is 28.5 Å². The molecule has 3 nitrogen and oxygen atoms in total. The van der Waals surface area contributed by atoms with Crippen molar-refractivity contribution in [3.63, 3.8) is 0 Å². The van der Waals surface area contributed by atoms with Crippen LogP contribution in [0.3, 0.4) is 0 Å². The first kappa shape index (κ1) is 14.9. The van der Waals surface area contributed by atoms with Gasteiger partial charge in [0.15, 0.2) is 0 Å². The number of hydrogen-bond acceptors (Lipinski definition) is 3. The summed E-state index contributed by atoms with van der Waals surface area (Å²) in [7, 11) is 1.62.